The highest BCUT2D eigenvalue weighted by Crippen LogP contribution is 2.22. The molecule has 20 heavy (non-hydrogen) atoms. The Morgan fingerprint density at radius 3 is 2.75 bits per heavy atom. The van der Waals surface area contributed by atoms with E-state index in [1.165, 1.54) is 0 Å². The van der Waals surface area contributed by atoms with Crippen molar-refractivity contribution in [3.8, 4) is 0 Å². The van der Waals surface area contributed by atoms with Crippen molar-refractivity contribution in [2.24, 2.45) is 0 Å². The summed E-state index contributed by atoms with van der Waals surface area (Å²) in [5.41, 5.74) is 8.17. The summed E-state index contributed by atoms with van der Waals surface area (Å²) in [7, 11) is 0. The molecule has 0 radical (unpaired) electrons. The normalized spacial score (nSPS) is 10.8. The summed E-state index contributed by atoms with van der Waals surface area (Å²) in [4.78, 5) is 12.1. The fraction of sp³-hybridized carbons (Fsp3) is 0.286. The van der Waals surface area contributed by atoms with Crippen molar-refractivity contribution in [3.63, 3.8) is 0 Å². The number of aromatic amines is 1. The van der Waals surface area contributed by atoms with Gasteiger partial charge in [0.1, 0.15) is 0 Å². The van der Waals surface area contributed by atoms with Crippen LogP contribution >= 0.6 is 11.6 Å². The second-order valence-corrected chi connectivity index (χ2v) is 5.24. The average molecular weight is 293 g/mol. The summed E-state index contributed by atoms with van der Waals surface area (Å²) in [6.07, 6.45) is 0. The van der Waals surface area contributed by atoms with Crippen molar-refractivity contribution >= 4 is 23.2 Å². The maximum atomic E-state index is 12.1. The van der Waals surface area contributed by atoms with Crippen molar-refractivity contribution in [1.29, 1.82) is 0 Å². The summed E-state index contributed by atoms with van der Waals surface area (Å²) in [5, 5.41) is 10.2. The Labute approximate surface area is 122 Å². The van der Waals surface area contributed by atoms with Crippen LogP contribution in [0.15, 0.2) is 24.3 Å². The number of hydrogen-bond donors (Lipinski definition) is 3. The van der Waals surface area contributed by atoms with Crippen molar-refractivity contribution < 1.29 is 4.79 Å². The van der Waals surface area contributed by atoms with Gasteiger partial charge in [-0.1, -0.05) is 43.6 Å². The van der Waals surface area contributed by atoms with E-state index in [2.05, 4.69) is 15.5 Å². The molecule has 0 aliphatic rings. The maximum Gasteiger partial charge on any atom is 0.274 e. The largest absolute Gasteiger partial charge is 0.395 e. The van der Waals surface area contributed by atoms with Gasteiger partial charge in [0, 0.05) is 11.6 Å². The second-order valence-electron chi connectivity index (χ2n) is 4.83. The molecule has 0 unspecified atom stereocenters. The minimum atomic E-state index is -0.314. The molecule has 0 fully saturated rings. The molecule has 5 nitrogen and oxygen atoms in total. The molecule has 0 atom stereocenters. The Hall–Kier alpha value is -2.01. The fourth-order valence-electron chi connectivity index (χ4n) is 1.88. The molecule has 6 heteroatoms. The van der Waals surface area contributed by atoms with Gasteiger partial charge in [-0.15, -0.1) is 0 Å². The number of nitrogen functional groups attached to an aromatic ring is 1. The minimum Gasteiger partial charge on any atom is -0.395 e. The lowest BCUT2D eigenvalue weighted by atomic mass is 10.1. The second kappa shape index (κ2) is 5.96. The number of benzene rings is 1. The van der Waals surface area contributed by atoms with Crippen molar-refractivity contribution in [2.45, 2.75) is 26.3 Å². The van der Waals surface area contributed by atoms with Gasteiger partial charge in [0.2, 0.25) is 0 Å². The van der Waals surface area contributed by atoms with E-state index in [1.54, 1.807) is 6.07 Å². The first-order valence-electron chi connectivity index (χ1n) is 6.36. The molecule has 0 saturated carbocycles. The third-order valence-corrected chi connectivity index (χ3v) is 3.39. The molecule has 0 aliphatic heterocycles. The first-order chi connectivity index (χ1) is 9.50. The van der Waals surface area contributed by atoms with Gasteiger partial charge in [-0.2, -0.15) is 5.10 Å². The molecule has 1 aromatic carbocycles. The topological polar surface area (TPSA) is 83.8 Å². The molecule has 1 amide bonds. The molecule has 1 aromatic heterocycles. The lowest BCUT2D eigenvalue weighted by molar-refractivity contribution is 0.0947. The van der Waals surface area contributed by atoms with E-state index in [4.69, 9.17) is 17.3 Å². The third-order valence-electron chi connectivity index (χ3n) is 3.02. The van der Waals surface area contributed by atoms with Crippen LogP contribution in [0.5, 0.6) is 0 Å². The van der Waals surface area contributed by atoms with Crippen LogP contribution in [0.1, 0.15) is 41.5 Å². The fourth-order valence-corrected chi connectivity index (χ4v) is 2.08. The summed E-state index contributed by atoms with van der Waals surface area (Å²) in [6.45, 7) is 4.30. The van der Waals surface area contributed by atoms with Gasteiger partial charge < -0.3 is 11.1 Å². The smallest absolute Gasteiger partial charge is 0.274 e. The highest BCUT2D eigenvalue weighted by atomic mass is 35.5. The summed E-state index contributed by atoms with van der Waals surface area (Å²) < 4.78 is 0. The molecule has 0 spiro atoms. The number of nitrogens with two attached hydrogens (primary N) is 1. The van der Waals surface area contributed by atoms with E-state index in [9.17, 15) is 4.79 Å². The summed E-state index contributed by atoms with van der Waals surface area (Å²) in [6, 6.07) is 7.35. The predicted octanol–water partition coefficient (Wildman–Crippen LogP) is 2.70. The number of carbonyl (C=O) groups excluding carboxylic acids is 1. The van der Waals surface area contributed by atoms with Crippen LogP contribution < -0.4 is 11.1 Å². The number of hydrogen-bond acceptors (Lipinski definition) is 3. The van der Waals surface area contributed by atoms with Crippen LogP contribution in [0.2, 0.25) is 5.02 Å². The van der Waals surface area contributed by atoms with Gasteiger partial charge >= 0.3 is 0 Å². The van der Waals surface area contributed by atoms with Gasteiger partial charge in [0.25, 0.3) is 5.91 Å². The van der Waals surface area contributed by atoms with Crippen LogP contribution in [-0.4, -0.2) is 16.1 Å². The van der Waals surface area contributed by atoms with E-state index in [1.807, 2.05) is 32.0 Å². The highest BCUT2D eigenvalue weighted by Gasteiger charge is 2.18. The number of nitrogens with zero attached hydrogens (tertiary/aromatic N) is 1. The van der Waals surface area contributed by atoms with Crippen LogP contribution in [0.3, 0.4) is 0 Å². The van der Waals surface area contributed by atoms with Gasteiger partial charge in [-0.25, -0.2) is 0 Å². The van der Waals surface area contributed by atoms with E-state index in [-0.39, 0.29) is 17.5 Å². The van der Waals surface area contributed by atoms with Gasteiger partial charge in [-0.3, -0.25) is 9.89 Å². The zero-order valence-electron chi connectivity index (χ0n) is 11.4. The molecule has 4 N–H and O–H groups in total. The Balaban J connectivity index is 2.08. The summed E-state index contributed by atoms with van der Waals surface area (Å²) in [5.74, 6) is -0.127. The SMILES string of the molecule is CC(C)c1[nH]nc(C(=O)NCc2ccccc2Cl)c1N. The Bertz CT molecular complexity index is 621. The number of carbonyl (C=O) groups is 1. The molecule has 2 aromatic rings. The lowest BCUT2D eigenvalue weighted by Gasteiger charge is -2.06. The average Bonchev–Trinajstić information content (AvgIpc) is 2.79. The quantitative estimate of drug-likeness (QED) is 0.810. The number of rotatable bonds is 4. The first kappa shape index (κ1) is 14.4. The zero-order chi connectivity index (χ0) is 14.7. The van der Waals surface area contributed by atoms with Crippen molar-refractivity contribution in [2.75, 3.05) is 5.73 Å². The summed E-state index contributed by atoms with van der Waals surface area (Å²) >= 11 is 6.03. The molecule has 0 aliphatic carbocycles. The molecule has 2 rings (SSSR count). The molecule has 0 bridgehead atoms. The number of aromatic nitrogens is 2. The molecule has 1 heterocycles. The van der Waals surface area contributed by atoms with Gasteiger partial charge in [0.05, 0.1) is 11.4 Å². The third kappa shape index (κ3) is 2.93. The van der Waals surface area contributed by atoms with E-state index in [0.29, 0.717) is 17.3 Å². The predicted molar refractivity (Wildman–Crippen MR) is 79.7 cm³/mol. The highest BCUT2D eigenvalue weighted by molar-refractivity contribution is 6.31. The van der Waals surface area contributed by atoms with Crippen LogP contribution in [0.25, 0.3) is 0 Å². The minimum absolute atomic E-state index is 0.188. The number of halogens is 1. The molecule has 0 saturated heterocycles. The van der Waals surface area contributed by atoms with Gasteiger partial charge in [0.15, 0.2) is 5.69 Å². The Kier molecular flexibility index (Phi) is 4.29. The Morgan fingerprint density at radius 2 is 2.15 bits per heavy atom. The Morgan fingerprint density at radius 1 is 1.45 bits per heavy atom. The molecular weight excluding hydrogens is 276 g/mol. The molecule has 106 valence electrons. The zero-order valence-corrected chi connectivity index (χ0v) is 12.2. The van der Waals surface area contributed by atoms with E-state index < -0.39 is 0 Å². The van der Waals surface area contributed by atoms with Crippen LogP contribution in [0.4, 0.5) is 5.69 Å². The van der Waals surface area contributed by atoms with Gasteiger partial charge in [-0.05, 0) is 17.5 Å². The number of anilines is 1. The monoisotopic (exact) mass is 292 g/mol. The number of amides is 1. The van der Waals surface area contributed by atoms with E-state index >= 15 is 0 Å². The lowest BCUT2D eigenvalue weighted by Crippen LogP contribution is -2.24. The number of H-pyrrole nitrogens is 1. The van der Waals surface area contributed by atoms with Crippen LogP contribution in [-0.2, 0) is 6.54 Å². The van der Waals surface area contributed by atoms with Crippen molar-refractivity contribution in [1.82, 2.24) is 15.5 Å². The molecular formula is C14H17ClN4O. The van der Waals surface area contributed by atoms with E-state index in [0.717, 1.165) is 11.3 Å². The maximum absolute atomic E-state index is 12.1. The number of nitrogens with one attached hydrogen (secondary N) is 2. The standard InChI is InChI=1S/C14H17ClN4O/c1-8(2)12-11(16)13(19-18-12)14(20)17-7-9-5-3-4-6-10(9)15/h3-6,8H,7,16H2,1-2H3,(H,17,20)(H,18,19). The first-order valence-corrected chi connectivity index (χ1v) is 6.73. The van der Waals surface area contributed by atoms with Crippen LogP contribution in [0, 0.1) is 0 Å². The van der Waals surface area contributed by atoms with Crippen molar-refractivity contribution in [3.05, 3.63) is 46.2 Å².